The number of anilines is 1. The molecule has 6 heteroatoms. The number of carbonyl (C=O) groups is 3. The van der Waals surface area contributed by atoms with Crippen LogP contribution in [0.5, 0.6) is 0 Å². The van der Waals surface area contributed by atoms with Crippen LogP contribution in [0.4, 0.5) is 10.1 Å². The van der Waals surface area contributed by atoms with Crippen LogP contribution in [-0.4, -0.2) is 35.2 Å². The lowest BCUT2D eigenvalue weighted by molar-refractivity contribution is -0.140. The van der Waals surface area contributed by atoms with Crippen molar-refractivity contribution in [3.8, 4) is 0 Å². The monoisotopic (exact) mass is 440 g/mol. The molecule has 0 aromatic heterocycles. The van der Waals surface area contributed by atoms with Gasteiger partial charge in [-0.25, -0.2) is 9.29 Å². The van der Waals surface area contributed by atoms with Crippen LogP contribution < -0.4 is 4.90 Å². The van der Waals surface area contributed by atoms with Crippen LogP contribution in [0.15, 0.2) is 35.9 Å². The molecule has 0 N–H and O–H groups in total. The van der Waals surface area contributed by atoms with E-state index in [2.05, 4.69) is 33.8 Å². The van der Waals surface area contributed by atoms with Crippen LogP contribution in [0, 0.1) is 22.6 Å². The van der Waals surface area contributed by atoms with E-state index in [0.717, 1.165) is 30.6 Å². The van der Waals surface area contributed by atoms with Gasteiger partial charge >= 0.3 is 0 Å². The highest BCUT2D eigenvalue weighted by Crippen LogP contribution is 2.69. The summed E-state index contributed by atoms with van der Waals surface area (Å²) in [5.74, 6) is -1.40. The minimum atomic E-state index is -0.809. The number of imide groups is 1. The summed E-state index contributed by atoms with van der Waals surface area (Å²) >= 11 is 0. The summed E-state index contributed by atoms with van der Waals surface area (Å²) in [5.41, 5.74) is 1.36. The van der Waals surface area contributed by atoms with E-state index in [1.54, 1.807) is 4.90 Å². The van der Waals surface area contributed by atoms with Crippen molar-refractivity contribution in [1.82, 2.24) is 4.90 Å². The molecule has 2 aliphatic carbocycles. The van der Waals surface area contributed by atoms with Crippen molar-refractivity contribution >= 4 is 23.4 Å². The number of nitrogens with zero attached hydrogens (tertiary/aromatic N) is 2. The number of amides is 3. The minimum Gasteiger partial charge on any atom is -0.330 e. The van der Waals surface area contributed by atoms with Gasteiger partial charge in [0.2, 0.25) is 11.8 Å². The molecule has 5 nitrogen and oxygen atoms in total. The van der Waals surface area contributed by atoms with Gasteiger partial charge in [0.05, 0.1) is 12.1 Å². The SMILES string of the molecule is CC1(C)C(C(=O)N(CCC2=CCCCC2)C2CC(=O)N(c3ccc(F)cc3)C2=O)C1(C)C. The molecule has 1 saturated heterocycles. The molecule has 1 aromatic rings. The third kappa shape index (κ3) is 3.78. The molecule has 1 unspecified atom stereocenters. The number of allylic oxidation sites excluding steroid dienone is 1. The van der Waals surface area contributed by atoms with Crippen molar-refractivity contribution in [2.24, 2.45) is 16.7 Å². The molecule has 1 heterocycles. The predicted octanol–water partition coefficient (Wildman–Crippen LogP) is 4.86. The molecular weight excluding hydrogens is 407 g/mol. The second-order valence-electron chi connectivity index (χ2n) is 10.5. The number of halogens is 1. The Morgan fingerprint density at radius 3 is 2.31 bits per heavy atom. The van der Waals surface area contributed by atoms with E-state index in [1.807, 2.05) is 0 Å². The molecule has 1 aromatic carbocycles. The number of hydrogen-bond donors (Lipinski definition) is 0. The number of carbonyl (C=O) groups excluding carboxylic acids is 3. The fourth-order valence-corrected chi connectivity index (χ4v) is 5.52. The zero-order chi connectivity index (χ0) is 23.3. The van der Waals surface area contributed by atoms with Crippen LogP contribution in [0.3, 0.4) is 0 Å². The molecule has 4 rings (SSSR count). The molecule has 3 amide bonds. The van der Waals surface area contributed by atoms with Crippen molar-refractivity contribution in [3.05, 3.63) is 41.7 Å². The van der Waals surface area contributed by atoms with Gasteiger partial charge < -0.3 is 4.90 Å². The summed E-state index contributed by atoms with van der Waals surface area (Å²) in [6.45, 7) is 8.79. The van der Waals surface area contributed by atoms with Gasteiger partial charge in [-0.2, -0.15) is 0 Å². The zero-order valence-electron chi connectivity index (χ0n) is 19.5. The molecule has 3 aliphatic rings. The van der Waals surface area contributed by atoms with E-state index in [-0.39, 0.29) is 35.0 Å². The highest BCUT2D eigenvalue weighted by atomic mass is 19.1. The fraction of sp³-hybridized carbons (Fsp3) is 0.577. The Morgan fingerprint density at radius 1 is 1.09 bits per heavy atom. The first-order valence-electron chi connectivity index (χ1n) is 11.7. The van der Waals surface area contributed by atoms with E-state index in [9.17, 15) is 18.8 Å². The fourth-order valence-electron chi connectivity index (χ4n) is 5.52. The molecule has 1 aliphatic heterocycles. The third-order valence-electron chi connectivity index (χ3n) is 8.19. The Balaban J connectivity index is 1.59. The topological polar surface area (TPSA) is 57.7 Å². The van der Waals surface area contributed by atoms with E-state index in [1.165, 1.54) is 36.3 Å². The number of hydrogen-bond acceptors (Lipinski definition) is 3. The van der Waals surface area contributed by atoms with E-state index < -0.39 is 17.8 Å². The van der Waals surface area contributed by atoms with Crippen molar-refractivity contribution in [2.45, 2.75) is 72.3 Å². The van der Waals surface area contributed by atoms with E-state index in [4.69, 9.17) is 0 Å². The van der Waals surface area contributed by atoms with Gasteiger partial charge in [-0.15, -0.1) is 0 Å². The third-order valence-corrected chi connectivity index (χ3v) is 8.19. The molecule has 0 radical (unpaired) electrons. The average molecular weight is 441 g/mol. The summed E-state index contributed by atoms with van der Waals surface area (Å²) in [5, 5.41) is 0. The molecule has 0 bridgehead atoms. The first-order chi connectivity index (χ1) is 15.1. The quantitative estimate of drug-likeness (QED) is 0.469. The maximum absolute atomic E-state index is 13.7. The lowest BCUT2D eigenvalue weighted by atomic mass is 9.96. The van der Waals surface area contributed by atoms with Crippen molar-refractivity contribution < 1.29 is 18.8 Å². The van der Waals surface area contributed by atoms with Gasteiger partial charge in [-0.1, -0.05) is 39.3 Å². The second kappa shape index (κ2) is 8.13. The summed E-state index contributed by atoms with van der Waals surface area (Å²) in [6, 6.07) is 4.52. The van der Waals surface area contributed by atoms with Gasteiger partial charge in [-0.05, 0) is 67.2 Å². The maximum Gasteiger partial charge on any atom is 0.257 e. The van der Waals surface area contributed by atoms with Crippen molar-refractivity contribution in [2.75, 3.05) is 11.4 Å². The highest BCUT2D eigenvalue weighted by Gasteiger charge is 2.69. The van der Waals surface area contributed by atoms with Crippen LogP contribution >= 0.6 is 0 Å². The van der Waals surface area contributed by atoms with Crippen LogP contribution in [0.25, 0.3) is 0 Å². The van der Waals surface area contributed by atoms with Gasteiger partial charge in [0.15, 0.2) is 0 Å². The minimum absolute atomic E-state index is 0.0332. The van der Waals surface area contributed by atoms with Crippen LogP contribution in [0.2, 0.25) is 0 Å². The smallest absolute Gasteiger partial charge is 0.257 e. The molecule has 1 saturated carbocycles. The maximum atomic E-state index is 13.7. The summed E-state index contributed by atoms with van der Waals surface area (Å²) in [4.78, 5) is 42.7. The highest BCUT2D eigenvalue weighted by molar-refractivity contribution is 6.23. The van der Waals surface area contributed by atoms with Gasteiger partial charge in [0.1, 0.15) is 11.9 Å². The zero-order valence-corrected chi connectivity index (χ0v) is 19.5. The predicted molar refractivity (Wildman–Crippen MR) is 121 cm³/mol. The van der Waals surface area contributed by atoms with Gasteiger partial charge in [-0.3, -0.25) is 14.4 Å². The summed E-state index contributed by atoms with van der Waals surface area (Å²) in [6.07, 6.45) is 7.39. The van der Waals surface area contributed by atoms with Crippen molar-refractivity contribution in [3.63, 3.8) is 0 Å². The van der Waals surface area contributed by atoms with Gasteiger partial charge in [0, 0.05) is 12.5 Å². The Kier molecular flexibility index (Phi) is 5.76. The van der Waals surface area contributed by atoms with Crippen molar-refractivity contribution in [1.29, 1.82) is 0 Å². The lowest BCUT2D eigenvalue weighted by Gasteiger charge is -2.29. The van der Waals surface area contributed by atoms with E-state index >= 15 is 0 Å². The lowest BCUT2D eigenvalue weighted by Crippen LogP contribution is -2.47. The Hall–Kier alpha value is -2.50. The first kappa shape index (κ1) is 22.7. The van der Waals surface area contributed by atoms with E-state index in [0.29, 0.717) is 12.2 Å². The summed E-state index contributed by atoms with van der Waals surface area (Å²) < 4.78 is 13.4. The largest absolute Gasteiger partial charge is 0.330 e. The molecule has 172 valence electrons. The number of rotatable bonds is 6. The van der Waals surface area contributed by atoms with Gasteiger partial charge in [0.25, 0.3) is 5.91 Å². The molecule has 2 fully saturated rings. The second-order valence-corrected chi connectivity index (χ2v) is 10.5. The molecule has 1 atom stereocenters. The standard InChI is InChI=1S/C26H33FN2O3/c1-25(2)22(26(25,3)4)24(32)28(15-14-17-8-6-5-7-9-17)20-16-21(30)29(23(20)31)19-12-10-18(27)11-13-19/h8,10-13,20,22H,5-7,9,14-16H2,1-4H3. The summed E-state index contributed by atoms with van der Waals surface area (Å²) in [7, 11) is 0. The van der Waals surface area contributed by atoms with Crippen LogP contribution in [-0.2, 0) is 14.4 Å². The first-order valence-corrected chi connectivity index (χ1v) is 11.7. The Labute approximate surface area is 189 Å². The number of benzene rings is 1. The Morgan fingerprint density at radius 2 is 1.75 bits per heavy atom. The normalized spacial score (nSPS) is 24.5. The van der Waals surface area contributed by atoms with Crippen LogP contribution in [0.1, 0.15) is 66.2 Å². The Bertz CT molecular complexity index is 950. The molecule has 32 heavy (non-hydrogen) atoms. The average Bonchev–Trinajstić information content (AvgIpc) is 2.98. The molecule has 0 spiro atoms. The molecular formula is C26H33FN2O3.